The molecule has 0 radical (unpaired) electrons. The van der Waals surface area contributed by atoms with Gasteiger partial charge in [0.1, 0.15) is 0 Å². The monoisotopic (exact) mass is 260 g/mol. The van der Waals surface area contributed by atoms with Crippen LogP contribution in [0.5, 0.6) is 0 Å². The summed E-state index contributed by atoms with van der Waals surface area (Å²) in [4.78, 5) is 11.8. The van der Waals surface area contributed by atoms with Gasteiger partial charge in [-0.3, -0.25) is 4.79 Å². The molecule has 19 heavy (non-hydrogen) atoms. The maximum atomic E-state index is 11.8. The first-order valence-corrected chi connectivity index (χ1v) is 6.95. The van der Waals surface area contributed by atoms with Crippen LogP contribution in [0.1, 0.15) is 36.8 Å². The van der Waals surface area contributed by atoms with Crippen LogP contribution < -0.4 is 0 Å². The normalized spacial score (nSPS) is 23.8. The molecule has 1 N–H and O–H groups in total. The van der Waals surface area contributed by atoms with Gasteiger partial charge in [0, 0.05) is 13.2 Å². The van der Waals surface area contributed by atoms with Gasteiger partial charge in [-0.2, -0.15) is 0 Å². The first-order valence-electron chi connectivity index (χ1n) is 6.95. The van der Waals surface area contributed by atoms with Crippen LogP contribution in [0.3, 0.4) is 0 Å². The second kappa shape index (κ2) is 4.34. The molecule has 2 aliphatic rings. The summed E-state index contributed by atoms with van der Waals surface area (Å²) in [6.07, 6.45) is 3.55. The largest absolute Gasteiger partial charge is 0.481 e. The number of aliphatic carboxylic acids is 1. The molecule has 3 nitrogen and oxygen atoms in total. The Morgan fingerprint density at radius 1 is 1.16 bits per heavy atom. The van der Waals surface area contributed by atoms with E-state index in [1.54, 1.807) is 0 Å². The van der Waals surface area contributed by atoms with E-state index in [1.807, 2.05) is 31.2 Å². The molecule has 3 rings (SSSR count). The lowest BCUT2D eigenvalue weighted by molar-refractivity contribution is -0.160. The van der Waals surface area contributed by atoms with E-state index in [-0.39, 0.29) is 5.41 Å². The Kier molecular flexibility index (Phi) is 2.90. The van der Waals surface area contributed by atoms with Crippen LogP contribution in [0.15, 0.2) is 24.3 Å². The van der Waals surface area contributed by atoms with Crippen molar-refractivity contribution in [3.05, 3.63) is 35.4 Å². The van der Waals surface area contributed by atoms with E-state index in [0.717, 1.165) is 44.5 Å². The van der Waals surface area contributed by atoms with Gasteiger partial charge in [0.2, 0.25) is 0 Å². The number of hydrogen-bond acceptors (Lipinski definition) is 2. The highest BCUT2D eigenvalue weighted by Gasteiger charge is 2.59. The minimum Gasteiger partial charge on any atom is -0.481 e. The summed E-state index contributed by atoms with van der Waals surface area (Å²) in [7, 11) is 0. The van der Waals surface area contributed by atoms with Crippen molar-refractivity contribution in [2.45, 2.75) is 38.0 Å². The lowest BCUT2D eigenvalue weighted by atomic mass is 9.48. The molecule has 3 heteroatoms. The van der Waals surface area contributed by atoms with Crippen LogP contribution in [0.25, 0.3) is 0 Å². The fraction of sp³-hybridized carbons (Fsp3) is 0.562. The second-order valence-corrected chi connectivity index (χ2v) is 6.22. The maximum Gasteiger partial charge on any atom is 0.314 e. The molecule has 0 bridgehead atoms. The molecule has 0 atom stereocenters. The molecular formula is C16H20O3. The van der Waals surface area contributed by atoms with Crippen LogP contribution in [0.2, 0.25) is 0 Å². The molecule has 1 saturated carbocycles. The maximum absolute atomic E-state index is 11.8. The predicted octanol–water partition coefficient (Wildman–Crippen LogP) is 2.91. The van der Waals surface area contributed by atoms with Gasteiger partial charge in [-0.15, -0.1) is 0 Å². The summed E-state index contributed by atoms with van der Waals surface area (Å²) in [5.41, 5.74) is 1.68. The highest BCUT2D eigenvalue weighted by molar-refractivity contribution is 5.83. The number of benzene rings is 1. The number of aryl methyl sites for hydroxylation is 1. The van der Waals surface area contributed by atoms with Crippen LogP contribution in [0.4, 0.5) is 0 Å². The Labute approximate surface area is 113 Å². The summed E-state index contributed by atoms with van der Waals surface area (Å²) >= 11 is 0. The van der Waals surface area contributed by atoms with Gasteiger partial charge in [0.15, 0.2) is 0 Å². The van der Waals surface area contributed by atoms with E-state index < -0.39 is 11.4 Å². The SMILES string of the molecule is Cc1ccc(C2(C(=O)O)CC3(CCOCC3)C2)cc1. The van der Waals surface area contributed by atoms with Crippen LogP contribution in [-0.2, 0) is 14.9 Å². The molecule has 1 aliphatic carbocycles. The second-order valence-electron chi connectivity index (χ2n) is 6.22. The van der Waals surface area contributed by atoms with Crippen LogP contribution >= 0.6 is 0 Å². The molecule has 1 aliphatic heterocycles. The smallest absolute Gasteiger partial charge is 0.314 e. The minimum atomic E-state index is -0.673. The summed E-state index contributed by atoms with van der Waals surface area (Å²) < 4.78 is 5.40. The highest BCUT2D eigenvalue weighted by Crippen LogP contribution is 2.60. The number of rotatable bonds is 2. The van der Waals surface area contributed by atoms with Gasteiger partial charge in [-0.1, -0.05) is 29.8 Å². The lowest BCUT2D eigenvalue weighted by Gasteiger charge is -2.56. The van der Waals surface area contributed by atoms with Crippen molar-refractivity contribution in [1.29, 1.82) is 0 Å². The van der Waals surface area contributed by atoms with Crippen molar-refractivity contribution in [2.24, 2.45) is 5.41 Å². The van der Waals surface area contributed by atoms with Crippen LogP contribution in [-0.4, -0.2) is 24.3 Å². The number of carbonyl (C=O) groups is 1. The van der Waals surface area contributed by atoms with Gasteiger partial charge < -0.3 is 9.84 Å². The summed E-state index contributed by atoms with van der Waals surface area (Å²) in [6.45, 7) is 3.59. The third kappa shape index (κ3) is 1.96. The van der Waals surface area contributed by atoms with E-state index >= 15 is 0 Å². The molecule has 102 valence electrons. The van der Waals surface area contributed by atoms with E-state index in [0.29, 0.717) is 0 Å². The predicted molar refractivity (Wildman–Crippen MR) is 72.2 cm³/mol. The molecule has 0 unspecified atom stereocenters. The number of carboxylic acids is 1. The van der Waals surface area contributed by atoms with Crippen molar-refractivity contribution in [1.82, 2.24) is 0 Å². The zero-order valence-corrected chi connectivity index (χ0v) is 11.3. The molecule has 1 heterocycles. The molecule has 2 fully saturated rings. The van der Waals surface area contributed by atoms with Crippen molar-refractivity contribution in [3.8, 4) is 0 Å². The number of carboxylic acid groups (broad SMARTS) is 1. The first kappa shape index (κ1) is 12.7. The average molecular weight is 260 g/mol. The number of hydrogen-bond donors (Lipinski definition) is 1. The fourth-order valence-electron chi connectivity index (χ4n) is 3.74. The minimum absolute atomic E-state index is 0.210. The molecule has 1 saturated heterocycles. The van der Waals surface area contributed by atoms with Gasteiger partial charge in [0.05, 0.1) is 5.41 Å². The quantitative estimate of drug-likeness (QED) is 0.889. The van der Waals surface area contributed by atoms with Crippen LogP contribution in [0, 0.1) is 12.3 Å². The van der Waals surface area contributed by atoms with E-state index in [2.05, 4.69) is 0 Å². The average Bonchev–Trinajstić information content (AvgIpc) is 2.37. The van der Waals surface area contributed by atoms with Gasteiger partial charge in [-0.05, 0) is 43.6 Å². The van der Waals surface area contributed by atoms with Crippen molar-refractivity contribution < 1.29 is 14.6 Å². The summed E-state index contributed by atoms with van der Waals surface area (Å²) in [5.74, 6) is -0.673. The molecule has 1 aromatic rings. The standard InChI is InChI=1S/C16H20O3/c1-12-2-4-13(5-3-12)16(14(17)18)10-15(11-16)6-8-19-9-7-15/h2-5H,6-11H2,1H3,(H,17,18). The molecule has 1 spiro atoms. The van der Waals surface area contributed by atoms with Crippen molar-refractivity contribution in [2.75, 3.05) is 13.2 Å². The zero-order chi connectivity index (χ0) is 13.5. The third-order valence-electron chi connectivity index (χ3n) is 4.92. The fourth-order valence-corrected chi connectivity index (χ4v) is 3.74. The molecular weight excluding hydrogens is 240 g/mol. The highest BCUT2D eigenvalue weighted by atomic mass is 16.5. The van der Waals surface area contributed by atoms with Crippen molar-refractivity contribution in [3.63, 3.8) is 0 Å². The lowest BCUT2D eigenvalue weighted by Crippen LogP contribution is -2.56. The Hall–Kier alpha value is -1.35. The summed E-state index contributed by atoms with van der Waals surface area (Å²) in [5, 5.41) is 9.69. The summed E-state index contributed by atoms with van der Waals surface area (Å²) in [6, 6.07) is 7.98. The van der Waals surface area contributed by atoms with Gasteiger partial charge >= 0.3 is 5.97 Å². The van der Waals surface area contributed by atoms with Gasteiger partial charge in [0.25, 0.3) is 0 Å². The number of ether oxygens (including phenoxy) is 1. The Bertz CT molecular complexity index is 475. The zero-order valence-electron chi connectivity index (χ0n) is 11.3. The van der Waals surface area contributed by atoms with Gasteiger partial charge in [-0.25, -0.2) is 0 Å². The topological polar surface area (TPSA) is 46.5 Å². The van der Waals surface area contributed by atoms with E-state index in [4.69, 9.17) is 4.74 Å². The molecule has 0 amide bonds. The first-order chi connectivity index (χ1) is 9.06. The third-order valence-corrected chi connectivity index (χ3v) is 4.92. The Balaban J connectivity index is 1.87. The molecule has 0 aromatic heterocycles. The Morgan fingerprint density at radius 2 is 1.74 bits per heavy atom. The van der Waals surface area contributed by atoms with E-state index in [9.17, 15) is 9.90 Å². The molecule has 1 aromatic carbocycles. The Morgan fingerprint density at radius 3 is 2.26 bits per heavy atom. The van der Waals surface area contributed by atoms with Crippen molar-refractivity contribution >= 4 is 5.97 Å². The van der Waals surface area contributed by atoms with E-state index in [1.165, 1.54) is 5.56 Å².